The Hall–Kier alpha value is -0.610. The number of hydrogen-bond donors (Lipinski definition) is 0. The van der Waals surface area contributed by atoms with E-state index in [0.717, 1.165) is 10.3 Å². The molecule has 0 radical (unpaired) electrons. The summed E-state index contributed by atoms with van der Waals surface area (Å²) in [6.07, 6.45) is 9.92. The lowest BCUT2D eigenvalue weighted by Gasteiger charge is -2.26. The number of allylic oxidation sites excluding steroid dienone is 2. The first-order valence-electron chi connectivity index (χ1n) is 4.16. The Balaban J connectivity index is 2.31. The third-order valence-corrected chi connectivity index (χ3v) is 3.08. The summed E-state index contributed by atoms with van der Waals surface area (Å²) in [7, 11) is 0. The molecule has 0 bridgehead atoms. The van der Waals surface area contributed by atoms with E-state index in [2.05, 4.69) is 47.8 Å². The molecular formula is C10H8Br2N2. The quantitative estimate of drug-likeness (QED) is 0.448. The van der Waals surface area contributed by atoms with Crippen LogP contribution in [0.5, 0.6) is 0 Å². The number of hydrogen-bond acceptors (Lipinski definition) is 2. The maximum atomic E-state index is 4.09. The predicted molar refractivity (Wildman–Crippen MR) is 65.4 cm³/mol. The van der Waals surface area contributed by atoms with E-state index in [9.17, 15) is 0 Å². The average molecular weight is 316 g/mol. The van der Waals surface area contributed by atoms with Crippen LogP contribution >= 0.6 is 31.9 Å². The molecule has 0 aliphatic carbocycles. The van der Waals surface area contributed by atoms with E-state index in [1.54, 1.807) is 6.20 Å². The third kappa shape index (κ3) is 2.07. The van der Waals surface area contributed by atoms with E-state index in [-0.39, 0.29) is 4.95 Å². The van der Waals surface area contributed by atoms with Gasteiger partial charge in [0.1, 0.15) is 9.55 Å². The van der Waals surface area contributed by atoms with Crippen molar-refractivity contribution in [1.29, 1.82) is 0 Å². The van der Waals surface area contributed by atoms with Gasteiger partial charge >= 0.3 is 0 Å². The largest absolute Gasteiger partial charge is 0.331 e. The highest BCUT2D eigenvalue weighted by Gasteiger charge is 2.12. The van der Waals surface area contributed by atoms with E-state index < -0.39 is 0 Å². The van der Waals surface area contributed by atoms with Gasteiger partial charge in [-0.3, -0.25) is 0 Å². The zero-order valence-corrected chi connectivity index (χ0v) is 10.4. The van der Waals surface area contributed by atoms with Crippen LogP contribution in [0.25, 0.3) is 0 Å². The van der Waals surface area contributed by atoms with E-state index in [1.165, 1.54) is 0 Å². The topological polar surface area (TPSA) is 16.1 Å². The van der Waals surface area contributed by atoms with Crippen LogP contribution in [0.4, 0.5) is 5.69 Å². The zero-order valence-electron chi connectivity index (χ0n) is 7.27. The second-order valence-electron chi connectivity index (χ2n) is 2.84. The van der Waals surface area contributed by atoms with Crippen molar-refractivity contribution in [3.05, 3.63) is 47.4 Å². The van der Waals surface area contributed by atoms with E-state index in [1.807, 2.05) is 30.5 Å². The van der Waals surface area contributed by atoms with Crippen LogP contribution in [0, 0.1) is 0 Å². The number of rotatable bonds is 1. The number of alkyl halides is 1. The van der Waals surface area contributed by atoms with Crippen molar-refractivity contribution < 1.29 is 0 Å². The number of nitrogens with zero attached hydrogens (tertiary/aromatic N) is 2. The van der Waals surface area contributed by atoms with Crippen molar-refractivity contribution in [1.82, 2.24) is 4.98 Å². The van der Waals surface area contributed by atoms with Gasteiger partial charge in [-0.2, -0.15) is 0 Å². The molecule has 1 aromatic heterocycles. The maximum absolute atomic E-state index is 4.09. The zero-order chi connectivity index (χ0) is 9.97. The SMILES string of the molecule is Brc1cc(N2C=CC=CC2Br)ccn1. The van der Waals surface area contributed by atoms with Gasteiger partial charge in [-0.25, -0.2) is 4.98 Å². The molecule has 0 aromatic carbocycles. The molecule has 0 spiro atoms. The third-order valence-electron chi connectivity index (χ3n) is 1.90. The molecule has 1 aromatic rings. The number of anilines is 1. The molecule has 0 saturated carbocycles. The molecule has 1 aliphatic heterocycles. The number of pyridine rings is 1. The second kappa shape index (κ2) is 4.28. The summed E-state index contributed by atoms with van der Waals surface area (Å²) in [5.74, 6) is 0. The van der Waals surface area contributed by atoms with Crippen LogP contribution in [0.3, 0.4) is 0 Å². The van der Waals surface area contributed by atoms with Gasteiger partial charge in [-0.05, 0) is 34.1 Å². The Labute approximate surface area is 99.6 Å². The van der Waals surface area contributed by atoms with Crippen LogP contribution in [0.15, 0.2) is 47.4 Å². The minimum Gasteiger partial charge on any atom is -0.331 e. The predicted octanol–water partition coefficient (Wildman–Crippen LogP) is 3.46. The van der Waals surface area contributed by atoms with Gasteiger partial charge < -0.3 is 4.90 Å². The summed E-state index contributed by atoms with van der Waals surface area (Å²) >= 11 is 6.92. The van der Waals surface area contributed by atoms with Crippen molar-refractivity contribution >= 4 is 37.5 Å². The summed E-state index contributed by atoms with van der Waals surface area (Å²) < 4.78 is 0.845. The fourth-order valence-corrected chi connectivity index (χ4v) is 2.16. The fourth-order valence-electron chi connectivity index (χ4n) is 1.25. The van der Waals surface area contributed by atoms with Gasteiger partial charge in [0.05, 0.1) is 0 Å². The van der Waals surface area contributed by atoms with E-state index in [4.69, 9.17) is 0 Å². The van der Waals surface area contributed by atoms with Crippen molar-refractivity contribution in [2.75, 3.05) is 4.90 Å². The van der Waals surface area contributed by atoms with Gasteiger partial charge in [0.15, 0.2) is 0 Å². The molecule has 1 atom stereocenters. The number of aromatic nitrogens is 1. The molecule has 2 rings (SSSR count). The van der Waals surface area contributed by atoms with Crippen molar-refractivity contribution in [3.8, 4) is 0 Å². The van der Waals surface area contributed by atoms with Gasteiger partial charge in [0, 0.05) is 18.1 Å². The average Bonchev–Trinajstić information content (AvgIpc) is 2.18. The van der Waals surface area contributed by atoms with Gasteiger partial charge in [0.2, 0.25) is 0 Å². The molecule has 0 saturated heterocycles. The minimum absolute atomic E-state index is 0.210. The highest BCUT2D eigenvalue weighted by molar-refractivity contribution is 9.10. The lowest BCUT2D eigenvalue weighted by Crippen LogP contribution is -2.24. The van der Waals surface area contributed by atoms with E-state index in [0.29, 0.717) is 0 Å². The lowest BCUT2D eigenvalue weighted by atomic mass is 10.3. The Kier molecular flexibility index (Phi) is 3.03. The normalized spacial score (nSPS) is 20.1. The molecule has 2 heterocycles. The first-order chi connectivity index (χ1) is 6.77. The summed E-state index contributed by atoms with van der Waals surface area (Å²) in [6, 6.07) is 3.96. The summed E-state index contributed by atoms with van der Waals surface area (Å²) in [6.45, 7) is 0. The molecule has 0 amide bonds. The van der Waals surface area contributed by atoms with Gasteiger partial charge in [-0.15, -0.1) is 0 Å². The van der Waals surface area contributed by atoms with Gasteiger partial charge in [0.25, 0.3) is 0 Å². The first kappa shape index (κ1) is 9.93. The second-order valence-corrected chi connectivity index (χ2v) is 4.59. The summed E-state index contributed by atoms with van der Waals surface area (Å²) in [5, 5.41) is 0. The molecule has 4 heteroatoms. The molecule has 0 N–H and O–H groups in total. The first-order valence-corrected chi connectivity index (χ1v) is 5.87. The Morgan fingerprint density at radius 1 is 1.36 bits per heavy atom. The molecule has 1 unspecified atom stereocenters. The van der Waals surface area contributed by atoms with Gasteiger partial charge in [-0.1, -0.05) is 28.1 Å². The fraction of sp³-hybridized carbons (Fsp3) is 0.100. The van der Waals surface area contributed by atoms with Crippen molar-refractivity contribution in [2.24, 2.45) is 0 Å². The molecule has 1 aliphatic rings. The summed E-state index contributed by atoms with van der Waals surface area (Å²) in [4.78, 5) is 6.42. The smallest absolute Gasteiger partial charge is 0.108 e. The summed E-state index contributed by atoms with van der Waals surface area (Å²) in [5.41, 5.74) is 1.11. The van der Waals surface area contributed by atoms with Crippen LogP contribution in [0.2, 0.25) is 0 Å². The highest BCUT2D eigenvalue weighted by atomic mass is 79.9. The molecule has 72 valence electrons. The molecular weight excluding hydrogens is 308 g/mol. The van der Waals surface area contributed by atoms with E-state index >= 15 is 0 Å². The molecule has 14 heavy (non-hydrogen) atoms. The highest BCUT2D eigenvalue weighted by Crippen LogP contribution is 2.25. The van der Waals surface area contributed by atoms with Crippen LogP contribution in [-0.4, -0.2) is 9.94 Å². The monoisotopic (exact) mass is 314 g/mol. The number of halogens is 2. The van der Waals surface area contributed by atoms with Crippen LogP contribution in [-0.2, 0) is 0 Å². The Morgan fingerprint density at radius 2 is 2.21 bits per heavy atom. The molecule has 0 fully saturated rings. The lowest BCUT2D eigenvalue weighted by molar-refractivity contribution is 1.02. The molecule has 2 nitrogen and oxygen atoms in total. The van der Waals surface area contributed by atoms with Crippen LogP contribution in [0.1, 0.15) is 0 Å². The van der Waals surface area contributed by atoms with Crippen LogP contribution < -0.4 is 4.90 Å². The Bertz CT molecular complexity index is 387. The maximum Gasteiger partial charge on any atom is 0.108 e. The van der Waals surface area contributed by atoms with Crippen molar-refractivity contribution in [2.45, 2.75) is 4.95 Å². The Morgan fingerprint density at radius 3 is 2.93 bits per heavy atom. The standard InChI is InChI=1S/C10H8Br2N2/c11-9-7-8(4-5-13-9)14-6-2-1-3-10(14)12/h1-7,10H. The minimum atomic E-state index is 0.210. The van der Waals surface area contributed by atoms with Crippen molar-refractivity contribution in [3.63, 3.8) is 0 Å².